The molecule has 4 heterocycles. The van der Waals surface area contributed by atoms with Crippen LogP contribution in [0.3, 0.4) is 0 Å². The Hall–Kier alpha value is -4.36. The van der Waals surface area contributed by atoms with Crippen molar-refractivity contribution in [3.63, 3.8) is 0 Å². The molecule has 4 aromatic rings. The van der Waals surface area contributed by atoms with E-state index in [2.05, 4.69) is 22.1 Å². The normalized spacial score (nSPS) is 16.9. The van der Waals surface area contributed by atoms with Gasteiger partial charge in [0.15, 0.2) is 11.2 Å². The molecule has 1 fully saturated rings. The first-order valence-corrected chi connectivity index (χ1v) is 12.4. The number of aliphatic imine (C=N–C) groups is 1. The molecule has 6 rings (SSSR count). The van der Waals surface area contributed by atoms with E-state index in [1.165, 1.54) is 9.13 Å². The van der Waals surface area contributed by atoms with Crippen molar-refractivity contribution in [3.05, 3.63) is 57.2 Å². The van der Waals surface area contributed by atoms with Gasteiger partial charge in [0.25, 0.3) is 5.56 Å². The van der Waals surface area contributed by atoms with E-state index in [9.17, 15) is 9.59 Å². The largest absolute Gasteiger partial charge is 0.342 e. The molecule has 0 bridgehead atoms. The maximum absolute atomic E-state index is 13.9. The van der Waals surface area contributed by atoms with Gasteiger partial charge in [-0.25, -0.2) is 9.79 Å². The summed E-state index contributed by atoms with van der Waals surface area (Å²) in [5.41, 5.74) is 7.75. The molecule has 10 nitrogen and oxygen atoms in total. The van der Waals surface area contributed by atoms with Gasteiger partial charge in [0.1, 0.15) is 5.84 Å². The molecule has 0 amide bonds. The van der Waals surface area contributed by atoms with Crippen molar-refractivity contribution < 1.29 is 0 Å². The van der Waals surface area contributed by atoms with Gasteiger partial charge in [0.05, 0.1) is 18.8 Å². The van der Waals surface area contributed by atoms with Crippen molar-refractivity contribution in [2.24, 2.45) is 17.8 Å². The zero-order valence-electron chi connectivity index (χ0n) is 20.9. The Bertz CT molecular complexity index is 1760. The summed E-state index contributed by atoms with van der Waals surface area (Å²) in [4.78, 5) is 38.9. The average Bonchev–Trinajstić information content (AvgIpc) is 3.29. The van der Waals surface area contributed by atoms with E-state index in [-0.39, 0.29) is 19.1 Å². The molecule has 10 heteroatoms. The summed E-state index contributed by atoms with van der Waals surface area (Å²) in [5.74, 6) is 7.10. The van der Waals surface area contributed by atoms with Crippen LogP contribution in [0.1, 0.15) is 19.8 Å². The number of hydrogen-bond acceptors (Lipinski definition) is 7. The summed E-state index contributed by atoms with van der Waals surface area (Å²) in [5, 5.41) is 5.41. The predicted octanol–water partition coefficient (Wildman–Crippen LogP) is 2.16. The van der Waals surface area contributed by atoms with Gasteiger partial charge in [-0.2, -0.15) is 4.98 Å². The monoisotopic (exact) mass is 496 g/mol. The Morgan fingerprint density at radius 1 is 1.16 bits per heavy atom. The maximum atomic E-state index is 13.9. The van der Waals surface area contributed by atoms with Crippen LogP contribution in [-0.2, 0) is 20.1 Å². The number of hydrogen-bond donors (Lipinski definition) is 2. The third-order valence-corrected chi connectivity index (χ3v) is 7.09. The summed E-state index contributed by atoms with van der Waals surface area (Å²) in [6.07, 6.45) is 1.88. The van der Waals surface area contributed by atoms with E-state index in [1.54, 1.807) is 14.0 Å². The van der Waals surface area contributed by atoms with Crippen LogP contribution in [0, 0.1) is 11.8 Å². The Kier molecular flexibility index (Phi) is 5.57. The number of amidine groups is 1. The molecule has 0 aliphatic carbocycles. The fourth-order valence-electron chi connectivity index (χ4n) is 5.31. The van der Waals surface area contributed by atoms with Crippen LogP contribution >= 0.6 is 0 Å². The van der Waals surface area contributed by atoms with Crippen LogP contribution in [0.2, 0.25) is 0 Å². The topological polar surface area (TPSA) is 115 Å². The van der Waals surface area contributed by atoms with Gasteiger partial charge in [-0.1, -0.05) is 30.2 Å². The first-order valence-electron chi connectivity index (χ1n) is 12.4. The summed E-state index contributed by atoms with van der Waals surface area (Å²) in [6, 6.07) is 11.9. The van der Waals surface area contributed by atoms with Crippen LogP contribution in [-0.4, -0.2) is 43.7 Å². The number of nitrogens with zero attached hydrogens (tertiary/aromatic N) is 6. The Balaban J connectivity index is 1.49. The second-order valence-corrected chi connectivity index (χ2v) is 9.54. The minimum Gasteiger partial charge on any atom is -0.342 e. The van der Waals surface area contributed by atoms with Gasteiger partial charge in [0, 0.05) is 37.3 Å². The summed E-state index contributed by atoms with van der Waals surface area (Å²) in [7, 11) is 1.64. The lowest BCUT2D eigenvalue weighted by Gasteiger charge is -2.31. The average molecular weight is 497 g/mol. The number of piperidine rings is 1. The number of aromatic nitrogens is 4. The van der Waals surface area contributed by atoms with Crippen LogP contribution in [0.4, 0.5) is 17.3 Å². The number of benzene rings is 2. The highest BCUT2D eigenvalue weighted by Crippen LogP contribution is 2.35. The van der Waals surface area contributed by atoms with Crippen molar-refractivity contribution in [2.75, 3.05) is 23.3 Å². The molecule has 2 aliphatic heterocycles. The fraction of sp³-hybridized carbons (Fsp3) is 0.333. The van der Waals surface area contributed by atoms with Crippen LogP contribution in [0.15, 0.2) is 51.0 Å². The van der Waals surface area contributed by atoms with Crippen LogP contribution in [0.25, 0.3) is 21.9 Å². The zero-order chi connectivity index (χ0) is 25.7. The van der Waals surface area contributed by atoms with Crippen LogP contribution < -0.4 is 27.2 Å². The lowest BCUT2D eigenvalue weighted by molar-refractivity contribution is 0.496. The Morgan fingerprint density at radius 2 is 1.97 bits per heavy atom. The van der Waals surface area contributed by atoms with Crippen LogP contribution in [0.5, 0.6) is 0 Å². The van der Waals surface area contributed by atoms with Gasteiger partial charge in [-0.15, -0.1) is 5.92 Å². The van der Waals surface area contributed by atoms with Crippen molar-refractivity contribution in [1.29, 1.82) is 0 Å². The number of rotatable bonds is 4. The molecule has 1 atom stereocenters. The molecule has 37 heavy (non-hydrogen) atoms. The molecule has 2 aromatic carbocycles. The summed E-state index contributed by atoms with van der Waals surface area (Å²) >= 11 is 0. The van der Waals surface area contributed by atoms with Crippen molar-refractivity contribution >= 4 is 45.1 Å². The summed E-state index contributed by atoms with van der Waals surface area (Å²) < 4.78 is 4.46. The second-order valence-electron chi connectivity index (χ2n) is 9.54. The minimum absolute atomic E-state index is 0.000721. The van der Waals surface area contributed by atoms with E-state index in [4.69, 9.17) is 15.7 Å². The van der Waals surface area contributed by atoms with Gasteiger partial charge >= 0.3 is 5.69 Å². The molecule has 0 radical (unpaired) electrons. The first kappa shape index (κ1) is 23.1. The Morgan fingerprint density at radius 3 is 2.76 bits per heavy atom. The number of fused-ring (bicyclic) bond motifs is 1. The van der Waals surface area contributed by atoms with E-state index < -0.39 is 11.2 Å². The lowest BCUT2D eigenvalue weighted by Crippen LogP contribution is -2.44. The fourth-order valence-corrected chi connectivity index (χ4v) is 5.31. The predicted molar refractivity (Wildman–Crippen MR) is 147 cm³/mol. The Labute approximate surface area is 213 Å². The van der Waals surface area contributed by atoms with Crippen molar-refractivity contribution in [1.82, 2.24) is 18.7 Å². The highest BCUT2D eigenvalue weighted by Gasteiger charge is 2.26. The highest BCUT2D eigenvalue weighted by molar-refractivity contribution is 6.13. The quantitative estimate of drug-likeness (QED) is 0.419. The third kappa shape index (κ3) is 3.79. The van der Waals surface area contributed by atoms with Gasteiger partial charge in [-0.3, -0.25) is 18.5 Å². The molecule has 1 saturated heterocycles. The summed E-state index contributed by atoms with van der Waals surface area (Å²) in [6.45, 7) is 3.47. The molecule has 1 unspecified atom stereocenters. The van der Waals surface area contributed by atoms with Gasteiger partial charge < -0.3 is 16.0 Å². The smallest absolute Gasteiger partial charge is 0.332 e. The standard InChI is InChI=1S/C27H28N8O2/c1-3-4-14-34-23-24(31-26(34)33-13-7-10-18(28)15-33)32(2)27(37)35(25(23)36)16-21-29-19-11-5-8-17-9-6-12-20(30-21)22(17)19/h5-6,8-9,11-12,18H,7,10,13-16,28H2,1-2H3,(H,29,30). The third-order valence-electron chi connectivity index (χ3n) is 7.09. The van der Waals surface area contributed by atoms with Crippen molar-refractivity contribution in [2.45, 2.75) is 38.9 Å². The van der Waals surface area contributed by atoms with E-state index in [1.807, 2.05) is 41.0 Å². The van der Waals surface area contributed by atoms with Gasteiger partial charge in [0.2, 0.25) is 5.95 Å². The second kappa shape index (κ2) is 8.94. The minimum atomic E-state index is -0.452. The first-order chi connectivity index (χ1) is 18.0. The van der Waals surface area contributed by atoms with E-state index >= 15 is 0 Å². The molecule has 188 valence electrons. The molecule has 2 aliphatic rings. The van der Waals surface area contributed by atoms with E-state index in [0.29, 0.717) is 29.5 Å². The molecule has 0 saturated carbocycles. The molecular weight excluding hydrogens is 468 g/mol. The number of anilines is 2. The number of aryl methyl sites for hydroxylation is 1. The molecule has 0 spiro atoms. The van der Waals surface area contributed by atoms with Gasteiger partial charge in [-0.05, 0) is 37.3 Å². The lowest BCUT2D eigenvalue weighted by atomic mass is 10.1. The maximum Gasteiger partial charge on any atom is 0.332 e. The highest BCUT2D eigenvalue weighted by atomic mass is 16.2. The molecule has 3 N–H and O–H groups in total. The number of nitrogens with two attached hydrogens (primary N) is 1. The van der Waals surface area contributed by atoms with E-state index in [0.717, 1.165) is 41.5 Å². The molecular formula is C27H28N8O2. The van der Waals surface area contributed by atoms with Crippen molar-refractivity contribution in [3.8, 4) is 11.8 Å². The molecule has 2 aromatic heterocycles. The number of imidazole rings is 1. The number of nitrogens with one attached hydrogen (secondary N) is 1. The zero-order valence-corrected chi connectivity index (χ0v) is 20.9. The SMILES string of the molecule is CC#CCn1c(N2CCCC(N)C2)nc2c1c(=O)n(CC1=Nc3cccc4cccc(c34)N1)c(=O)n2C.